The minimum atomic E-state index is -0.225. The Morgan fingerprint density at radius 1 is 0.935 bits per heavy atom. The second-order valence-corrected chi connectivity index (χ2v) is 9.06. The van der Waals surface area contributed by atoms with Gasteiger partial charge in [0.2, 0.25) is 11.8 Å². The number of nitrogens with one attached hydrogen (secondary N) is 1. The minimum absolute atomic E-state index is 0.0793. The van der Waals surface area contributed by atoms with Gasteiger partial charge in [0.05, 0.1) is 17.5 Å². The lowest BCUT2D eigenvalue weighted by Crippen LogP contribution is -2.33. The van der Waals surface area contributed by atoms with Crippen LogP contribution in [0.4, 0.5) is 11.4 Å². The van der Waals surface area contributed by atoms with Crippen LogP contribution in [0, 0.1) is 23.7 Å². The number of imide groups is 1. The molecule has 5 rings (SSSR count). The van der Waals surface area contributed by atoms with E-state index in [1.807, 2.05) is 18.2 Å². The molecule has 2 bridgehead atoms. The third kappa shape index (κ3) is 3.10. The third-order valence-corrected chi connectivity index (χ3v) is 7.53. The van der Waals surface area contributed by atoms with Gasteiger partial charge in [0, 0.05) is 11.3 Å². The summed E-state index contributed by atoms with van der Waals surface area (Å²) >= 11 is 0. The molecule has 0 aromatic heterocycles. The number of carbonyl (C=O) groups is 3. The largest absolute Gasteiger partial charge is 0.321 e. The Hall–Kier alpha value is -2.95. The first-order valence-corrected chi connectivity index (χ1v) is 11.4. The summed E-state index contributed by atoms with van der Waals surface area (Å²) in [6.45, 7) is 4.14. The van der Waals surface area contributed by atoms with E-state index in [2.05, 4.69) is 19.2 Å². The molecule has 1 heterocycles. The Bertz CT molecular complexity index is 1030. The van der Waals surface area contributed by atoms with E-state index in [1.54, 1.807) is 24.3 Å². The van der Waals surface area contributed by atoms with Crippen molar-refractivity contribution < 1.29 is 14.4 Å². The molecule has 0 spiro atoms. The minimum Gasteiger partial charge on any atom is -0.321 e. The lowest BCUT2D eigenvalue weighted by atomic mass is 9.81. The van der Waals surface area contributed by atoms with Gasteiger partial charge in [-0.15, -0.1) is 0 Å². The van der Waals surface area contributed by atoms with E-state index in [-0.39, 0.29) is 29.6 Å². The van der Waals surface area contributed by atoms with E-state index < -0.39 is 0 Å². The molecule has 5 nitrogen and oxygen atoms in total. The maximum Gasteiger partial charge on any atom is 0.255 e. The molecule has 3 aliphatic rings. The molecule has 2 aromatic carbocycles. The van der Waals surface area contributed by atoms with Gasteiger partial charge >= 0.3 is 0 Å². The molecule has 2 aliphatic carbocycles. The highest BCUT2D eigenvalue weighted by Crippen LogP contribution is 2.56. The molecule has 2 saturated carbocycles. The summed E-state index contributed by atoms with van der Waals surface area (Å²) in [5.74, 6) is -0.00745. The molecular weight excluding hydrogens is 388 g/mol. The van der Waals surface area contributed by atoms with Crippen molar-refractivity contribution in [3.63, 3.8) is 0 Å². The number of benzene rings is 2. The lowest BCUT2D eigenvalue weighted by Gasteiger charge is -2.19. The van der Waals surface area contributed by atoms with Crippen molar-refractivity contribution in [3.8, 4) is 0 Å². The van der Waals surface area contributed by atoms with Crippen LogP contribution in [0.5, 0.6) is 0 Å². The number of carbonyl (C=O) groups excluding carboxylic acids is 3. The smallest absolute Gasteiger partial charge is 0.255 e. The second-order valence-electron chi connectivity index (χ2n) is 9.06. The predicted octanol–water partition coefficient (Wildman–Crippen LogP) is 4.60. The van der Waals surface area contributed by atoms with Gasteiger partial charge in [-0.3, -0.25) is 19.3 Å². The Balaban J connectivity index is 1.42. The first-order valence-electron chi connectivity index (χ1n) is 11.4. The fourth-order valence-corrected chi connectivity index (χ4v) is 6.04. The number of hydrogen-bond donors (Lipinski definition) is 1. The van der Waals surface area contributed by atoms with Crippen molar-refractivity contribution in [1.29, 1.82) is 0 Å². The fraction of sp³-hybridized carbons (Fsp3) is 0.423. The molecule has 2 aromatic rings. The number of amides is 3. The maximum absolute atomic E-state index is 13.1. The van der Waals surface area contributed by atoms with Gasteiger partial charge in [0.25, 0.3) is 5.91 Å². The highest BCUT2D eigenvalue weighted by molar-refractivity contribution is 6.23. The molecule has 4 atom stereocenters. The van der Waals surface area contributed by atoms with E-state index in [9.17, 15) is 14.4 Å². The topological polar surface area (TPSA) is 66.5 Å². The molecule has 160 valence electrons. The second kappa shape index (κ2) is 7.63. The summed E-state index contributed by atoms with van der Waals surface area (Å²) in [6.07, 6.45) is 4.77. The van der Waals surface area contributed by atoms with Crippen molar-refractivity contribution in [2.75, 3.05) is 10.2 Å². The van der Waals surface area contributed by atoms with E-state index in [1.165, 1.54) is 4.90 Å². The SMILES string of the molecule is CCc1cccc(CC)c1NC(=O)c1cccc(N2C(=O)[C@@H]3[C@@H]4CC[C@@H](C4)[C@@H]3C2=O)c1. The number of anilines is 2. The highest BCUT2D eigenvalue weighted by atomic mass is 16.2. The summed E-state index contributed by atoms with van der Waals surface area (Å²) in [4.78, 5) is 40.7. The Morgan fingerprint density at radius 3 is 2.10 bits per heavy atom. The Morgan fingerprint density at radius 2 is 1.52 bits per heavy atom. The van der Waals surface area contributed by atoms with Crippen molar-refractivity contribution in [2.45, 2.75) is 46.0 Å². The molecule has 5 heteroatoms. The van der Waals surface area contributed by atoms with Gasteiger partial charge in [-0.05, 0) is 73.3 Å². The quantitative estimate of drug-likeness (QED) is 0.725. The molecule has 3 amide bonds. The van der Waals surface area contributed by atoms with Crippen molar-refractivity contribution in [1.82, 2.24) is 0 Å². The number of rotatable bonds is 5. The van der Waals surface area contributed by atoms with Crippen molar-refractivity contribution in [3.05, 3.63) is 59.2 Å². The van der Waals surface area contributed by atoms with E-state index in [0.717, 1.165) is 48.9 Å². The Kier molecular flexibility index (Phi) is 4.92. The van der Waals surface area contributed by atoms with Gasteiger partial charge in [-0.25, -0.2) is 0 Å². The maximum atomic E-state index is 13.1. The summed E-state index contributed by atoms with van der Waals surface area (Å²) in [7, 11) is 0. The third-order valence-electron chi connectivity index (χ3n) is 7.53. The van der Waals surface area contributed by atoms with E-state index >= 15 is 0 Å². The normalized spacial score (nSPS) is 26.5. The molecule has 0 radical (unpaired) electrons. The Labute approximate surface area is 182 Å². The lowest BCUT2D eigenvalue weighted by molar-refractivity contribution is -0.123. The summed E-state index contributed by atoms with van der Waals surface area (Å²) in [6, 6.07) is 13.0. The average Bonchev–Trinajstić information content (AvgIpc) is 3.47. The number of nitrogens with zero attached hydrogens (tertiary/aromatic N) is 1. The van der Waals surface area contributed by atoms with Crippen LogP contribution in [-0.2, 0) is 22.4 Å². The first kappa shape index (κ1) is 20.0. The van der Waals surface area contributed by atoms with Gasteiger partial charge < -0.3 is 5.32 Å². The number of hydrogen-bond acceptors (Lipinski definition) is 3. The van der Waals surface area contributed by atoms with Crippen LogP contribution in [0.3, 0.4) is 0 Å². The van der Waals surface area contributed by atoms with Crippen LogP contribution in [-0.4, -0.2) is 17.7 Å². The number of fused-ring (bicyclic) bond motifs is 5. The predicted molar refractivity (Wildman–Crippen MR) is 120 cm³/mol. The average molecular weight is 417 g/mol. The monoisotopic (exact) mass is 416 g/mol. The number of aryl methyl sites for hydroxylation is 2. The van der Waals surface area contributed by atoms with Crippen LogP contribution < -0.4 is 10.2 Å². The highest BCUT2D eigenvalue weighted by Gasteiger charge is 2.61. The standard InChI is InChI=1S/C26H28N2O3/c1-3-15-7-5-8-16(4-2)23(15)27-24(29)19-9-6-10-20(14-19)28-25(30)21-17-11-12-18(13-17)22(21)26(28)31/h5-10,14,17-18,21-22H,3-4,11-13H2,1-2H3,(H,27,29)/t17-,18+,21-,22+. The zero-order chi connectivity index (χ0) is 21.7. The molecule has 1 saturated heterocycles. The first-order chi connectivity index (χ1) is 15.0. The molecule has 31 heavy (non-hydrogen) atoms. The van der Waals surface area contributed by atoms with E-state index in [4.69, 9.17) is 0 Å². The zero-order valence-electron chi connectivity index (χ0n) is 18.1. The molecule has 1 aliphatic heterocycles. The van der Waals surface area contributed by atoms with E-state index in [0.29, 0.717) is 23.1 Å². The summed E-state index contributed by atoms with van der Waals surface area (Å²) in [5, 5.41) is 3.07. The van der Waals surface area contributed by atoms with Crippen LogP contribution in [0.2, 0.25) is 0 Å². The number of para-hydroxylation sites is 1. The van der Waals surface area contributed by atoms with Gasteiger partial charge in [0.15, 0.2) is 0 Å². The van der Waals surface area contributed by atoms with Crippen LogP contribution in [0.1, 0.15) is 54.6 Å². The summed E-state index contributed by atoms with van der Waals surface area (Å²) in [5.41, 5.74) is 4.01. The van der Waals surface area contributed by atoms with Crippen LogP contribution in [0.25, 0.3) is 0 Å². The molecular formula is C26H28N2O3. The molecule has 3 fully saturated rings. The summed E-state index contributed by atoms with van der Waals surface area (Å²) < 4.78 is 0. The van der Waals surface area contributed by atoms with Gasteiger partial charge in [-0.2, -0.15) is 0 Å². The van der Waals surface area contributed by atoms with Crippen LogP contribution in [0.15, 0.2) is 42.5 Å². The molecule has 0 unspecified atom stereocenters. The molecule has 1 N–H and O–H groups in total. The fourth-order valence-electron chi connectivity index (χ4n) is 6.04. The zero-order valence-corrected chi connectivity index (χ0v) is 18.1. The van der Waals surface area contributed by atoms with Crippen molar-refractivity contribution >= 4 is 29.1 Å². The van der Waals surface area contributed by atoms with Gasteiger partial charge in [0.1, 0.15) is 0 Å². The van der Waals surface area contributed by atoms with Crippen LogP contribution >= 0.6 is 0 Å². The van der Waals surface area contributed by atoms with Gasteiger partial charge in [-0.1, -0.05) is 38.1 Å². The van der Waals surface area contributed by atoms with Crippen molar-refractivity contribution in [2.24, 2.45) is 23.7 Å².